The predicted molar refractivity (Wildman–Crippen MR) is 109 cm³/mol. The minimum Gasteiger partial charge on any atom is -0.378 e. The lowest BCUT2D eigenvalue weighted by Gasteiger charge is -2.18. The van der Waals surface area contributed by atoms with Crippen molar-refractivity contribution in [2.75, 3.05) is 26.0 Å². The fraction of sp³-hybridized carbons (Fsp3) is 0.273. The van der Waals surface area contributed by atoms with Crippen molar-refractivity contribution in [2.24, 2.45) is 0 Å². The molecule has 0 bridgehead atoms. The molecule has 2 aromatic carbocycles. The van der Waals surface area contributed by atoms with Gasteiger partial charge >= 0.3 is 0 Å². The van der Waals surface area contributed by atoms with Gasteiger partial charge in [0.2, 0.25) is 5.91 Å². The molecule has 0 aliphatic rings. The zero-order chi connectivity index (χ0) is 19.2. The van der Waals surface area contributed by atoms with Crippen molar-refractivity contribution in [3.05, 3.63) is 78.1 Å². The van der Waals surface area contributed by atoms with Crippen molar-refractivity contribution in [1.82, 2.24) is 14.7 Å². The lowest BCUT2D eigenvalue weighted by molar-refractivity contribution is -0.130. The third kappa shape index (κ3) is 4.97. The zero-order valence-corrected chi connectivity index (χ0v) is 16.2. The van der Waals surface area contributed by atoms with Crippen LogP contribution in [0.4, 0.5) is 5.69 Å². The predicted octanol–water partition coefficient (Wildman–Crippen LogP) is 3.53. The maximum Gasteiger partial charge on any atom is 0.222 e. The summed E-state index contributed by atoms with van der Waals surface area (Å²) < 4.78 is 1.84. The second kappa shape index (κ2) is 8.54. The Morgan fingerprint density at radius 1 is 0.963 bits per heavy atom. The second-order valence-corrected chi connectivity index (χ2v) is 6.94. The molecule has 0 fully saturated rings. The second-order valence-electron chi connectivity index (χ2n) is 6.94. The number of hydrogen-bond donors (Lipinski definition) is 0. The molecule has 0 atom stereocenters. The molecule has 1 amide bonds. The molecule has 0 N–H and O–H groups in total. The number of hydrogen-bond acceptors (Lipinski definition) is 3. The van der Waals surface area contributed by atoms with Gasteiger partial charge in [0, 0.05) is 46.0 Å². The number of carbonyl (C=O) groups is 1. The Morgan fingerprint density at radius 2 is 1.67 bits per heavy atom. The largest absolute Gasteiger partial charge is 0.378 e. The van der Waals surface area contributed by atoms with E-state index >= 15 is 0 Å². The Kier molecular flexibility index (Phi) is 5.91. The molecule has 3 aromatic rings. The van der Waals surface area contributed by atoms with E-state index in [1.807, 2.05) is 68.6 Å². The van der Waals surface area contributed by atoms with Gasteiger partial charge in [-0.15, -0.1) is 0 Å². The van der Waals surface area contributed by atoms with Gasteiger partial charge in [0.05, 0.1) is 11.9 Å². The summed E-state index contributed by atoms with van der Waals surface area (Å²) in [4.78, 5) is 16.3. The average Bonchev–Trinajstić information content (AvgIpc) is 3.16. The normalized spacial score (nSPS) is 10.6. The van der Waals surface area contributed by atoms with Gasteiger partial charge in [0.1, 0.15) is 0 Å². The summed E-state index contributed by atoms with van der Waals surface area (Å²) in [6.07, 6.45) is 4.99. The van der Waals surface area contributed by atoms with Crippen molar-refractivity contribution in [3.63, 3.8) is 0 Å². The number of aryl methyl sites for hydroxylation is 1. The first-order valence-electron chi connectivity index (χ1n) is 9.12. The number of aromatic nitrogens is 2. The Balaban J connectivity index is 1.52. The van der Waals surface area contributed by atoms with Crippen LogP contribution in [0.25, 0.3) is 5.69 Å². The minimum absolute atomic E-state index is 0.138. The highest BCUT2D eigenvalue weighted by Gasteiger charge is 2.11. The van der Waals surface area contributed by atoms with Gasteiger partial charge in [-0.3, -0.25) is 4.79 Å². The van der Waals surface area contributed by atoms with Crippen molar-refractivity contribution >= 4 is 11.6 Å². The quantitative estimate of drug-likeness (QED) is 0.646. The number of rotatable bonds is 7. The van der Waals surface area contributed by atoms with Crippen molar-refractivity contribution < 1.29 is 4.79 Å². The molecule has 1 heterocycles. The fourth-order valence-electron chi connectivity index (χ4n) is 2.91. The highest BCUT2D eigenvalue weighted by atomic mass is 16.2. The highest BCUT2D eigenvalue weighted by Crippen LogP contribution is 2.14. The number of nitrogens with zero attached hydrogens (tertiary/aromatic N) is 4. The van der Waals surface area contributed by atoms with E-state index in [9.17, 15) is 4.79 Å². The fourth-order valence-corrected chi connectivity index (χ4v) is 2.91. The molecule has 0 radical (unpaired) electrons. The minimum atomic E-state index is 0.138. The first-order valence-corrected chi connectivity index (χ1v) is 9.12. The molecule has 27 heavy (non-hydrogen) atoms. The molecule has 140 valence electrons. The molecule has 0 saturated heterocycles. The standard InChI is InChI=1S/C22H26N4O/c1-24(2)20-12-9-18(10-13-20)16-25(3)22(27)14-11-19-15-23-26(17-19)21-7-5-4-6-8-21/h4-10,12-13,15,17H,11,14,16H2,1-3H3. The molecular formula is C22H26N4O. The summed E-state index contributed by atoms with van der Waals surface area (Å²) in [5.41, 5.74) is 4.38. The lowest BCUT2D eigenvalue weighted by Crippen LogP contribution is -2.26. The Hall–Kier alpha value is -3.08. The van der Waals surface area contributed by atoms with Crippen LogP contribution in [0.2, 0.25) is 0 Å². The molecule has 0 spiro atoms. The van der Waals surface area contributed by atoms with Crippen LogP contribution in [-0.4, -0.2) is 41.7 Å². The zero-order valence-electron chi connectivity index (χ0n) is 16.2. The first-order chi connectivity index (χ1) is 13.0. The smallest absolute Gasteiger partial charge is 0.222 e. The number of benzene rings is 2. The summed E-state index contributed by atoms with van der Waals surface area (Å²) in [7, 11) is 5.89. The average molecular weight is 362 g/mol. The molecule has 3 rings (SSSR count). The van der Waals surface area contributed by atoms with Crippen LogP contribution in [0.1, 0.15) is 17.5 Å². The van der Waals surface area contributed by atoms with E-state index in [4.69, 9.17) is 0 Å². The summed E-state index contributed by atoms with van der Waals surface area (Å²) in [6.45, 7) is 0.621. The van der Waals surface area contributed by atoms with Crippen LogP contribution < -0.4 is 4.90 Å². The van der Waals surface area contributed by atoms with Crippen molar-refractivity contribution in [3.8, 4) is 5.69 Å². The molecule has 0 aliphatic heterocycles. The van der Waals surface area contributed by atoms with Crippen LogP contribution in [0.15, 0.2) is 67.0 Å². The van der Waals surface area contributed by atoms with E-state index < -0.39 is 0 Å². The van der Waals surface area contributed by atoms with E-state index in [0.717, 1.165) is 22.5 Å². The van der Waals surface area contributed by atoms with Crippen LogP contribution in [0, 0.1) is 0 Å². The van der Waals surface area contributed by atoms with E-state index in [0.29, 0.717) is 19.4 Å². The number of anilines is 1. The van der Waals surface area contributed by atoms with Crippen LogP contribution in [0.5, 0.6) is 0 Å². The van der Waals surface area contributed by atoms with Gasteiger partial charge in [0.15, 0.2) is 0 Å². The van der Waals surface area contributed by atoms with Crippen molar-refractivity contribution in [2.45, 2.75) is 19.4 Å². The topological polar surface area (TPSA) is 41.4 Å². The van der Waals surface area contributed by atoms with Gasteiger partial charge in [-0.2, -0.15) is 5.10 Å². The molecule has 0 unspecified atom stereocenters. The molecule has 1 aromatic heterocycles. The van der Waals surface area contributed by atoms with Gasteiger partial charge < -0.3 is 9.80 Å². The van der Waals surface area contributed by atoms with Gasteiger partial charge in [-0.1, -0.05) is 30.3 Å². The Bertz CT molecular complexity index is 869. The van der Waals surface area contributed by atoms with Crippen molar-refractivity contribution in [1.29, 1.82) is 0 Å². The summed E-state index contributed by atoms with van der Waals surface area (Å²) >= 11 is 0. The molecular weight excluding hydrogens is 336 g/mol. The third-order valence-corrected chi connectivity index (χ3v) is 4.58. The number of para-hydroxylation sites is 1. The molecule has 5 nitrogen and oxygen atoms in total. The third-order valence-electron chi connectivity index (χ3n) is 4.58. The maximum atomic E-state index is 12.5. The van der Waals surface area contributed by atoms with E-state index in [1.54, 1.807) is 4.90 Å². The Morgan fingerprint density at radius 3 is 2.33 bits per heavy atom. The summed E-state index contributed by atoms with van der Waals surface area (Å²) in [5, 5.41) is 4.39. The molecule has 0 aliphatic carbocycles. The molecule has 0 saturated carbocycles. The van der Waals surface area contributed by atoms with E-state index in [1.165, 1.54) is 0 Å². The maximum absolute atomic E-state index is 12.5. The van der Waals surface area contributed by atoms with Crippen LogP contribution in [0.3, 0.4) is 0 Å². The number of amides is 1. The van der Waals surface area contributed by atoms with E-state index in [-0.39, 0.29) is 5.91 Å². The van der Waals surface area contributed by atoms with Crippen LogP contribution >= 0.6 is 0 Å². The highest BCUT2D eigenvalue weighted by molar-refractivity contribution is 5.76. The SMILES string of the molecule is CN(Cc1ccc(N(C)C)cc1)C(=O)CCc1cnn(-c2ccccc2)c1. The number of carbonyl (C=O) groups excluding carboxylic acids is 1. The summed E-state index contributed by atoms with van der Waals surface area (Å²) in [6, 6.07) is 18.3. The lowest BCUT2D eigenvalue weighted by atomic mass is 10.1. The van der Waals surface area contributed by atoms with Gasteiger partial charge in [-0.25, -0.2) is 4.68 Å². The van der Waals surface area contributed by atoms with Gasteiger partial charge in [0.25, 0.3) is 0 Å². The summed E-state index contributed by atoms with van der Waals surface area (Å²) in [5.74, 6) is 0.138. The van der Waals surface area contributed by atoms with E-state index in [2.05, 4.69) is 34.3 Å². The first kappa shape index (κ1) is 18.7. The van der Waals surface area contributed by atoms with Gasteiger partial charge in [-0.05, 0) is 41.8 Å². The monoisotopic (exact) mass is 362 g/mol. The van der Waals surface area contributed by atoms with Crippen LogP contribution in [-0.2, 0) is 17.8 Å². The Labute approximate surface area is 160 Å². The molecule has 5 heteroatoms.